The van der Waals surface area contributed by atoms with E-state index in [1.54, 1.807) is 26.8 Å². The number of benzene rings is 2. The van der Waals surface area contributed by atoms with Gasteiger partial charge >= 0.3 is 11.6 Å². The van der Waals surface area contributed by atoms with Crippen LogP contribution in [0.25, 0.3) is 22.1 Å². The van der Waals surface area contributed by atoms with Gasteiger partial charge in [0.2, 0.25) is 0 Å². The summed E-state index contributed by atoms with van der Waals surface area (Å²) in [7, 11) is 0. The van der Waals surface area contributed by atoms with Crippen molar-refractivity contribution in [1.29, 1.82) is 0 Å². The molecular weight excluding hydrogens is 368 g/mol. The molecule has 3 rings (SSSR count). The second-order valence-electron chi connectivity index (χ2n) is 7.00. The third-order valence-corrected chi connectivity index (χ3v) is 3.94. The van der Waals surface area contributed by atoms with E-state index in [0.717, 1.165) is 5.56 Å². The Kier molecular flexibility index (Phi) is 5.24. The second-order valence-corrected chi connectivity index (χ2v) is 7.41. The van der Waals surface area contributed by atoms with Crippen LogP contribution in [-0.2, 0) is 9.53 Å². The molecule has 0 N–H and O–H groups in total. The molecule has 5 nitrogen and oxygen atoms in total. The van der Waals surface area contributed by atoms with E-state index in [4.69, 9.17) is 25.5 Å². The lowest BCUT2D eigenvalue weighted by atomic mass is 10.0. The summed E-state index contributed by atoms with van der Waals surface area (Å²) in [5.74, 6) is -0.276. The fraction of sp³-hybridized carbons (Fsp3) is 0.238. The van der Waals surface area contributed by atoms with Gasteiger partial charge in [-0.05, 0) is 38.0 Å². The minimum atomic E-state index is -0.606. The van der Waals surface area contributed by atoms with Gasteiger partial charge in [0.25, 0.3) is 0 Å². The highest BCUT2D eigenvalue weighted by Crippen LogP contribution is 2.34. The number of rotatable bonds is 4. The Morgan fingerprint density at radius 3 is 2.48 bits per heavy atom. The van der Waals surface area contributed by atoms with Crippen molar-refractivity contribution in [2.75, 3.05) is 6.61 Å². The van der Waals surface area contributed by atoms with Crippen LogP contribution in [0.2, 0.25) is 5.02 Å². The van der Waals surface area contributed by atoms with Gasteiger partial charge < -0.3 is 13.9 Å². The molecule has 0 saturated heterocycles. The first kappa shape index (κ1) is 19.0. The van der Waals surface area contributed by atoms with Gasteiger partial charge in [-0.25, -0.2) is 9.59 Å². The van der Waals surface area contributed by atoms with E-state index in [-0.39, 0.29) is 12.4 Å². The van der Waals surface area contributed by atoms with Crippen molar-refractivity contribution in [2.45, 2.75) is 26.4 Å². The molecule has 2 aromatic carbocycles. The molecule has 0 amide bonds. The zero-order valence-corrected chi connectivity index (χ0v) is 16.0. The van der Waals surface area contributed by atoms with Crippen molar-refractivity contribution in [3.05, 3.63) is 64.0 Å². The van der Waals surface area contributed by atoms with Crippen LogP contribution in [0.4, 0.5) is 0 Å². The van der Waals surface area contributed by atoms with Crippen molar-refractivity contribution in [2.24, 2.45) is 0 Å². The average molecular weight is 387 g/mol. The van der Waals surface area contributed by atoms with Crippen LogP contribution in [0.15, 0.2) is 57.7 Å². The quantitative estimate of drug-likeness (QED) is 0.474. The molecule has 140 valence electrons. The molecular formula is C21H19ClO5. The lowest BCUT2D eigenvalue weighted by molar-refractivity contribution is -0.157. The summed E-state index contributed by atoms with van der Waals surface area (Å²) in [6.07, 6.45) is 0. The number of fused-ring (bicyclic) bond motifs is 1. The summed E-state index contributed by atoms with van der Waals surface area (Å²) in [6, 6.07) is 14.1. The number of hydrogen-bond donors (Lipinski definition) is 0. The largest absolute Gasteiger partial charge is 0.480 e. The van der Waals surface area contributed by atoms with Crippen molar-refractivity contribution in [3.8, 4) is 16.9 Å². The smallest absolute Gasteiger partial charge is 0.344 e. The van der Waals surface area contributed by atoms with Gasteiger partial charge in [-0.2, -0.15) is 0 Å². The minimum absolute atomic E-state index is 0.239. The normalized spacial score (nSPS) is 11.4. The molecule has 27 heavy (non-hydrogen) atoms. The Hall–Kier alpha value is -2.79. The van der Waals surface area contributed by atoms with Gasteiger partial charge in [-0.15, -0.1) is 0 Å². The number of carbonyl (C=O) groups is 1. The predicted octanol–water partition coefficient (Wildman–Crippen LogP) is 4.83. The van der Waals surface area contributed by atoms with Crippen LogP contribution in [0.3, 0.4) is 0 Å². The molecule has 0 aliphatic carbocycles. The molecule has 0 saturated carbocycles. The van der Waals surface area contributed by atoms with Gasteiger partial charge in [-0.3, -0.25) is 0 Å². The molecule has 0 bridgehead atoms. The summed E-state index contributed by atoms with van der Waals surface area (Å²) < 4.78 is 16.0. The van der Waals surface area contributed by atoms with Crippen molar-refractivity contribution >= 4 is 28.5 Å². The summed E-state index contributed by atoms with van der Waals surface area (Å²) in [6.45, 7) is 5.01. The van der Waals surface area contributed by atoms with E-state index < -0.39 is 17.2 Å². The molecule has 0 aliphatic heterocycles. The van der Waals surface area contributed by atoms with Crippen molar-refractivity contribution in [1.82, 2.24) is 0 Å². The molecule has 0 aliphatic rings. The van der Waals surface area contributed by atoms with E-state index in [2.05, 4.69) is 0 Å². The van der Waals surface area contributed by atoms with Gasteiger partial charge in [0.15, 0.2) is 6.61 Å². The van der Waals surface area contributed by atoms with E-state index in [9.17, 15) is 9.59 Å². The van der Waals surface area contributed by atoms with E-state index >= 15 is 0 Å². The zero-order chi connectivity index (χ0) is 19.6. The Bertz CT molecular complexity index is 1030. The molecule has 0 spiro atoms. The topological polar surface area (TPSA) is 65.7 Å². The number of halogens is 1. The van der Waals surface area contributed by atoms with Gasteiger partial charge in [0.1, 0.15) is 16.9 Å². The van der Waals surface area contributed by atoms with Crippen LogP contribution in [0.5, 0.6) is 5.75 Å². The third-order valence-electron chi connectivity index (χ3n) is 3.65. The van der Waals surface area contributed by atoms with E-state index in [1.165, 1.54) is 12.1 Å². The van der Waals surface area contributed by atoms with E-state index in [1.807, 2.05) is 30.3 Å². The van der Waals surface area contributed by atoms with Crippen LogP contribution >= 0.6 is 11.6 Å². The third kappa shape index (κ3) is 4.68. The van der Waals surface area contributed by atoms with Crippen LogP contribution < -0.4 is 10.4 Å². The first-order valence-electron chi connectivity index (χ1n) is 8.40. The summed E-state index contributed by atoms with van der Waals surface area (Å²) in [5.41, 5.74) is 0.813. The highest BCUT2D eigenvalue weighted by molar-refractivity contribution is 6.33. The maximum absolute atomic E-state index is 12.0. The highest BCUT2D eigenvalue weighted by atomic mass is 35.5. The van der Waals surface area contributed by atoms with Crippen LogP contribution in [-0.4, -0.2) is 18.2 Å². The Morgan fingerprint density at radius 1 is 1.11 bits per heavy atom. The lowest BCUT2D eigenvalue weighted by Gasteiger charge is -2.19. The monoisotopic (exact) mass is 386 g/mol. The molecule has 0 atom stereocenters. The molecule has 0 radical (unpaired) electrons. The molecule has 1 heterocycles. The van der Waals surface area contributed by atoms with Gasteiger partial charge in [0, 0.05) is 17.5 Å². The predicted molar refractivity (Wildman–Crippen MR) is 104 cm³/mol. The standard InChI is InChI=1S/C21H19ClO5/c1-21(2,3)27-20(24)12-25-18-11-17-15(9-16(18)22)14(10-19(23)26-17)13-7-5-4-6-8-13/h4-11H,12H2,1-3H3. The van der Waals surface area contributed by atoms with Gasteiger partial charge in [-0.1, -0.05) is 41.9 Å². The number of esters is 1. The number of carbonyl (C=O) groups excluding carboxylic acids is 1. The molecule has 0 unspecified atom stereocenters. The summed E-state index contributed by atoms with van der Waals surface area (Å²) in [5, 5.41) is 0.979. The van der Waals surface area contributed by atoms with Crippen LogP contribution in [0.1, 0.15) is 20.8 Å². The Balaban J connectivity index is 1.95. The van der Waals surface area contributed by atoms with Crippen molar-refractivity contribution in [3.63, 3.8) is 0 Å². The number of ether oxygens (including phenoxy) is 2. The first-order valence-corrected chi connectivity index (χ1v) is 8.78. The molecule has 1 aromatic heterocycles. The molecule has 3 aromatic rings. The molecule has 0 fully saturated rings. The Morgan fingerprint density at radius 2 is 1.81 bits per heavy atom. The maximum atomic E-state index is 12.0. The second kappa shape index (κ2) is 7.45. The van der Waals surface area contributed by atoms with Crippen LogP contribution in [0, 0.1) is 0 Å². The minimum Gasteiger partial charge on any atom is -0.480 e. The van der Waals surface area contributed by atoms with Gasteiger partial charge in [0.05, 0.1) is 5.02 Å². The molecule has 6 heteroatoms. The van der Waals surface area contributed by atoms with Crippen molar-refractivity contribution < 1.29 is 18.7 Å². The average Bonchev–Trinajstić information content (AvgIpc) is 2.59. The maximum Gasteiger partial charge on any atom is 0.344 e. The zero-order valence-electron chi connectivity index (χ0n) is 15.2. The summed E-state index contributed by atoms with van der Waals surface area (Å²) >= 11 is 6.32. The number of hydrogen-bond acceptors (Lipinski definition) is 5. The highest BCUT2D eigenvalue weighted by Gasteiger charge is 2.18. The fourth-order valence-electron chi connectivity index (χ4n) is 2.64. The first-order chi connectivity index (χ1) is 12.7. The lowest BCUT2D eigenvalue weighted by Crippen LogP contribution is -2.27. The van der Waals surface area contributed by atoms with E-state index in [0.29, 0.717) is 21.6 Å². The SMILES string of the molecule is CC(C)(C)OC(=O)COc1cc2oc(=O)cc(-c3ccccc3)c2cc1Cl. The summed E-state index contributed by atoms with van der Waals surface area (Å²) in [4.78, 5) is 23.8. The fourth-order valence-corrected chi connectivity index (χ4v) is 2.86. The Labute approximate surface area is 161 Å².